The normalized spacial score (nSPS) is 11.0. The number of rotatable bonds is 7. The lowest BCUT2D eigenvalue weighted by Gasteiger charge is -2.15. The lowest BCUT2D eigenvalue weighted by molar-refractivity contribution is -0.117. The van der Waals surface area contributed by atoms with Crippen molar-refractivity contribution < 1.29 is 18.3 Å². The fourth-order valence-electron chi connectivity index (χ4n) is 1.98. The average molecular weight is 341 g/mol. The van der Waals surface area contributed by atoms with Gasteiger partial charge < -0.3 is 10.1 Å². The minimum atomic E-state index is -2.86. The highest BCUT2D eigenvalue weighted by atomic mass is 32.1. The molecule has 8 heteroatoms. The molecule has 0 unspecified atom stereocenters. The predicted octanol–water partition coefficient (Wildman–Crippen LogP) is 3.12. The van der Waals surface area contributed by atoms with Gasteiger partial charge in [-0.25, -0.2) is 4.98 Å². The molecule has 1 N–H and O–H groups in total. The van der Waals surface area contributed by atoms with Gasteiger partial charge in [-0.2, -0.15) is 8.78 Å². The number of anilines is 1. The zero-order valence-corrected chi connectivity index (χ0v) is 13.6. The van der Waals surface area contributed by atoms with Crippen molar-refractivity contribution in [3.63, 3.8) is 0 Å². The van der Waals surface area contributed by atoms with Gasteiger partial charge in [0.25, 0.3) is 0 Å². The molecule has 0 fully saturated rings. The number of ether oxygens (including phenoxy) is 1. The van der Waals surface area contributed by atoms with Crippen LogP contribution in [0.3, 0.4) is 0 Å². The van der Waals surface area contributed by atoms with Gasteiger partial charge in [0.2, 0.25) is 5.91 Å². The summed E-state index contributed by atoms with van der Waals surface area (Å²) in [5.74, 6) is -0.143. The van der Waals surface area contributed by atoms with Crippen molar-refractivity contribution in [2.75, 3.05) is 18.9 Å². The van der Waals surface area contributed by atoms with Crippen molar-refractivity contribution in [2.45, 2.75) is 20.1 Å². The van der Waals surface area contributed by atoms with E-state index >= 15 is 0 Å². The summed E-state index contributed by atoms with van der Waals surface area (Å²) >= 11 is 1.57. The zero-order valence-electron chi connectivity index (χ0n) is 12.8. The minimum Gasteiger partial charge on any atom is -0.435 e. The van der Waals surface area contributed by atoms with E-state index in [2.05, 4.69) is 15.0 Å². The number of thiazole rings is 1. The summed E-state index contributed by atoms with van der Waals surface area (Å²) in [6, 6.07) is 5.78. The van der Waals surface area contributed by atoms with Crippen LogP contribution in [-0.4, -0.2) is 36.0 Å². The first-order chi connectivity index (χ1) is 10.9. The molecule has 5 nitrogen and oxygen atoms in total. The summed E-state index contributed by atoms with van der Waals surface area (Å²) in [4.78, 5) is 18.1. The second-order valence-electron chi connectivity index (χ2n) is 4.98. The predicted molar refractivity (Wildman–Crippen MR) is 84.9 cm³/mol. The number of amides is 1. The molecule has 0 radical (unpaired) electrons. The Morgan fingerprint density at radius 3 is 2.65 bits per heavy atom. The van der Waals surface area contributed by atoms with Crippen LogP contribution in [0.4, 0.5) is 14.5 Å². The van der Waals surface area contributed by atoms with Crippen LogP contribution in [0.5, 0.6) is 5.75 Å². The van der Waals surface area contributed by atoms with E-state index in [1.807, 2.05) is 24.3 Å². The second-order valence-corrected chi connectivity index (χ2v) is 6.04. The van der Waals surface area contributed by atoms with Gasteiger partial charge in [0.05, 0.1) is 17.2 Å². The maximum atomic E-state index is 12.1. The summed E-state index contributed by atoms with van der Waals surface area (Å²) in [5, 5.41) is 5.66. The molecular weight excluding hydrogens is 324 g/mol. The standard InChI is InChI=1S/C15H17F2N3O2S/c1-10-18-12(9-23-10)7-20(2)8-14(21)19-11-3-5-13(6-4-11)22-15(16)17/h3-6,9,15H,7-8H2,1-2H3,(H,19,21). The van der Waals surface area contributed by atoms with Crippen LogP contribution in [0.25, 0.3) is 0 Å². The summed E-state index contributed by atoms with van der Waals surface area (Å²) in [7, 11) is 1.83. The van der Waals surface area contributed by atoms with E-state index in [4.69, 9.17) is 0 Å². The first kappa shape index (κ1) is 17.3. The van der Waals surface area contributed by atoms with Gasteiger partial charge in [0.1, 0.15) is 5.75 Å². The first-order valence-corrected chi connectivity index (χ1v) is 7.74. The average Bonchev–Trinajstić information content (AvgIpc) is 2.85. The number of halogens is 2. The lowest BCUT2D eigenvalue weighted by atomic mass is 10.3. The van der Waals surface area contributed by atoms with Gasteiger partial charge in [-0.1, -0.05) is 0 Å². The smallest absolute Gasteiger partial charge is 0.387 e. The molecule has 0 aliphatic rings. The number of carbonyl (C=O) groups is 1. The van der Waals surface area contributed by atoms with Crippen LogP contribution in [0.15, 0.2) is 29.6 Å². The molecule has 124 valence electrons. The molecule has 2 aromatic rings. The molecule has 0 atom stereocenters. The minimum absolute atomic E-state index is 0.0500. The quantitative estimate of drug-likeness (QED) is 0.841. The highest BCUT2D eigenvalue weighted by Gasteiger charge is 2.10. The molecule has 2 rings (SSSR count). The molecule has 0 saturated carbocycles. The number of aryl methyl sites for hydroxylation is 1. The van der Waals surface area contributed by atoms with Gasteiger partial charge in [0.15, 0.2) is 0 Å². The van der Waals surface area contributed by atoms with Crippen molar-refractivity contribution in [2.24, 2.45) is 0 Å². The highest BCUT2D eigenvalue weighted by Crippen LogP contribution is 2.17. The van der Waals surface area contributed by atoms with Gasteiger partial charge in [-0.15, -0.1) is 11.3 Å². The number of nitrogens with one attached hydrogen (secondary N) is 1. The Hall–Kier alpha value is -2.06. The van der Waals surface area contributed by atoms with Gasteiger partial charge in [-0.05, 0) is 38.2 Å². The molecule has 23 heavy (non-hydrogen) atoms. The number of aromatic nitrogens is 1. The van der Waals surface area contributed by atoms with Crippen molar-refractivity contribution >= 4 is 22.9 Å². The number of hydrogen-bond donors (Lipinski definition) is 1. The monoisotopic (exact) mass is 341 g/mol. The van der Waals surface area contributed by atoms with E-state index in [-0.39, 0.29) is 18.2 Å². The number of alkyl halides is 2. The molecule has 1 aromatic carbocycles. The van der Waals surface area contributed by atoms with Crippen molar-refractivity contribution in [3.8, 4) is 5.75 Å². The van der Waals surface area contributed by atoms with Crippen LogP contribution >= 0.6 is 11.3 Å². The fraction of sp³-hybridized carbons (Fsp3) is 0.333. The van der Waals surface area contributed by atoms with Gasteiger partial charge >= 0.3 is 6.61 Å². The van der Waals surface area contributed by atoms with Crippen LogP contribution in [-0.2, 0) is 11.3 Å². The molecule has 0 spiro atoms. The zero-order chi connectivity index (χ0) is 16.8. The van der Waals surface area contributed by atoms with Crippen molar-refractivity contribution in [3.05, 3.63) is 40.3 Å². The van der Waals surface area contributed by atoms with E-state index in [1.54, 1.807) is 11.3 Å². The van der Waals surface area contributed by atoms with Crippen LogP contribution < -0.4 is 10.1 Å². The van der Waals surface area contributed by atoms with Crippen LogP contribution in [0.2, 0.25) is 0 Å². The second kappa shape index (κ2) is 7.98. The number of benzene rings is 1. The third-order valence-corrected chi connectivity index (χ3v) is 3.70. The van der Waals surface area contributed by atoms with Crippen LogP contribution in [0, 0.1) is 6.92 Å². The van der Waals surface area contributed by atoms with E-state index in [1.165, 1.54) is 24.3 Å². The molecule has 1 aromatic heterocycles. The maximum Gasteiger partial charge on any atom is 0.387 e. The van der Waals surface area contributed by atoms with E-state index in [0.717, 1.165) is 10.7 Å². The van der Waals surface area contributed by atoms with E-state index < -0.39 is 6.61 Å². The third-order valence-electron chi connectivity index (χ3n) is 2.88. The lowest BCUT2D eigenvalue weighted by Crippen LogP contribution is -2.29. The van der Waals surface area contributed by atoms with Crippen LogP contribution in [0.1, 0.15) is 10.7 Å². The molecule has 0 aliphatic heterocycles. The Bertz CT molecular complexity index is 646. The molecule has 0 aliphatic carbocycles. The molecule has 1 amide bonds. The van der Waals surface area contributed by atoms with Crippen molar-refractivity contribution in [1.29, 1.82) is 0 Å². The van der Waals surface area contributed by atoms with E-state index in [9.17, 15) is 13.6 Å². The Balaban J connectivity index is 1.81. The largest absolute Gasteiger partial charge is 0.435 e. The van der Waals surface area contributed by atoms with Gasteiger partial charge in [0, 0.05) is 17.6 Å². The first-order valence-electron chi connectivity index (χ1n) is 6.86. The summed E-state index contributed by atoms with van der Waals surface area (Å²) in [5.41, 5.74) is 1.45. The summed E-state index contributed by atoms with van der Waals surface area (Å²) in [6.45, 7) is -0.147. The Labute approximate surface area is 136 Å². The number of hydrogen-bond acceptors (Lipinski definition) is 5. The summed E-state index contributed by atoms with van der Waals surface area (Å²) in [6.07, 6.45) is 0. The molecule has 0 saturated heterocycles. The molecule has 1 heterocycles. The van der Waals surface area contributed by atoms with Gasteiger partial charge in [-0.3, -0.25) is 9.69 Å². The SMILES string of the molecule is Cc1nc(CN(C)CC(=O)Nc2ccc(OC(F)F)cc2)cs1. The summed E-state index contributed by atoms with van der Waals surface area (Å²) < 4.78 is 28.4. The Kier molecular flexibility index (Phi) is 6.00. The Morgan fingerprint density at radius 2 is 2.09 bits per heavy atom. The highest BCUT2D eigenvalue weighted by molar-refractivity contribution is 7.09. The Morgan fingerprint density at radius 1 is 1.39 bits per heavy atom. The van der Waals surface area contributed by atoms with Crippen molar-refractivity contribution in [1.82, 2.24) is 9.88 Å². The third kappa shape index (κ3) is 5.91. The maximum absolute atomic E-state index is 12.1. The molecule has 0 bridgehead atoms. The topological polar surface area (TPSA) is 54.5 Å². The number of likely N-dealkylation sites (N-methyl/N-ethyl adjacent to an activating group) is 1. The van der Waals surface area contributed by atoms with E-state index in [0.29, 0.717) is 12.2 Å². The number of carbonyl (C=O) groups excluding carboxylic acids is 1. The fourth-order valence-corrected chi connectivity index (χ4v) is 2.58. The molecular formula is C15H17F2N3O2S. The number of nitrogens with zero attached hydrogens (tertiary/aromatic N) is 2.